The summed E-state index contributed by atoms with van der Waals surface area (Å²) in [6.07, 6.45) is -1.05. The zero-order valence-electron chi connectivity index (χ0n) is 8.97. The molecule has 1 rings (SSSR count). The lowest BCUT2D eigenvalue weighted by Gasteiger charge is -2.20. The van der Waals surface area contributed by atoms with Gasteiger partial charge in [0.1, 0.15) is 0 Å². The number of amides is 1. The summed E-state index contributed by atoms with van der Waals surface area (Å²) in [6, 6.07) is 5.58. The van der Waals surface area contributed by atoms with Crippen molar-refractivity contribution in [2.45, 2.75) is 26.2 Å². The van der Waals surface area contributed by atoms with E-state index in [-0.39, 0.29) is 5.41 Å². The number of carbonyl (C=O) groups is 1. The van der Waals surface area contributed by atoms with Crippen LogP contribution in [0, 0.1) is 0 Å². The molecule has 4 heteroatoms. The van der Waals surface area contributed by atoms with Crippen molar-refractivity contribution < 1.29 is 9.90 Å². The number of hydrogen-bond acceptors (Lipinski definition) is 1. The largest absolute Gasteiger partial charge is 0.465 e. The fourth-order valence-corrected chi connectivity index (χ4v) is 1.71. The number of halogens is 1. The van der Waals surface area contributed by atoms with Gasteiger partial charge in [-0.15, -0.1) is 0 Å². The highest BCUT2D eigenvalue weighted by atomic mass is 79.9. The highest BCUT2D eigenvalue weighted by Gasteiger charge is 2.15. The minimum Gasteiger partial charge on any atom is -0.465 e. The van der Waals surface area contributed by atoms with Gasteiger partial charge < -0.3 is 5.11 Å². The molecule has 0 saturated heterocycles. The third-order valence-corrected chi connectivity index (χ3v) is 2.47. The van der Waals surface area contributed by atoms with E-state index in [9.17, 15) is 4.79 Å². The third-order valence-electron chi connectivity index (χ3n) is 2.02. The second-order valence-corrected chi connectivity index (χ2v) is 5.32. The van der Waals surface area contributed by atoms with Crippen molar-refractivity contribution in [1.29, 1.82) is 0 Å². The van der Waals surface area contributed by atoms with Crippen LogP contribution >= 0.6 is 15.9 Å². The molecule has 0 atom stereocenters. The second kappa shape index (κ2) is 4.23. The number of anilines is 1. The summed E-state index contributed by atoms with van der Waals surface area (Å²) < 4.78 is 0.874. The first-order valence-corrected chi connectivity index (χ1v) is 5.39. The Bertz CT molecular complexity index is 383. The molecule has 0 bridgehead atoms. The first-order chi connectivity index (χ1) is 6.79. The number of benzene rings is 1. The molecule has 15 heavy (non-hydrogen) atoms. The van der Waals surface area contributed by atoms with E-state index >= 15 is 0 Å². The van der Waals surface area contributed by atoms with E-state index in [0.29, 0.717) is 5.69 Å². The maximum Gasteiger partial charge on any atom is 0.409 e. The topological polar surface area (TPSA) is 49.3 Å². The standard InChI is InChI=1S/C11H14BrNO2/c1-11(2,3)7-4-8(12)6-9(5-7)13-10(14)15/h4-6,13H,1-3H3,(H,14,15). The summed E-state index contributed by atoms with van der Waals surface area (Å²) in [7, 11) is 0. The lowest BCUT2D eigenvalue weighted by molar-refractivity contribution is 0.209. The molecule has 1 aromatic rings. The van der Waals surface area contributed by atoms with E-state index in [4.69, 9.17) is 5.11 Å². The molecule has 0 aromatic heterocycles. The van der Waals surface area contributed by atoms with Gasteiger partial charge in [0.15, 0.2) is 0 Å². The maximum atomic E-state index is 10.5. The van der Waals surface area contributed by atoms with Gasteiger partial charge in [0.05, 0.1) is 0 Å². The SMILES string of the molecule is CC(C)(C)c1cc(Br)cc(NC(=O)O)c1. The molecule has 0 spiro atoms. The van der Waals surface area contributed by atoms with Crippen LogP contribution in [0.25, 0.3) is 0 Å². The molecule has 0 aliphatic rings. The van der Waals surface area contributed by atoms with E-state index in [2.05, 4.69) is 42.0 Å². The Balaban J connectivity index is 3.11. The highest BCUT2D eigenvalue weighted by Crippen LogP contribution is 2.28. The van der Waals surface area contributed by atoms with Crippen LogP contribution in [0.15, 0.2) is 22.7 Å². The van der Waals surface area contributed by atoms with Crippen molar-refractivity contribution in [2.24, 2.45) is 0 Å². The Kier molecular flexibility index (Phi) is 3.39. The van der Waals surface area contributed by atoms with Crippen molar-refractivity contribution in [3.05, 3.63) is 28.2 Å². The fraction of sp³-hybridized carbons (Fsp3) is 0.364. The van der Waals surface area contributed by atoms with E-state index in [1.807, 2.05) is 12.1 Å². The molecular formula is C11H14BrNO2. The Morgan fingerprint density at radius 1 is 1.33 bits per heavy atom. The molecule has 0 heterocycles. The van der Waals surface area contributed by atoms with E-state index in [1.165, 1.54) is 0 Å². The third kappa shape index (κ3) is 3.55. The van der Waals surface area contributed by atoms with Crippen LogP contribution in [0.2, 0.25) is 0 Å². The Morgan fingerprint density at radius 2 is 1.93 bits per heavy atom. The zero-order valence-corrected chi connectivity index (χ0v) is 10.6. The van der Waals surface area contributed by atoms with E-state index in [0.717, 1.165) is 10.0 Å². The van der Waals surface area contributed by atoms with Crippen LogP contribution in [0.5, 0.6) is 0 Å². The molecule has 0 radical (unpaired) electrons. The number of rotatable bonds is 1. The van der Waals surface area contributed by atoms with Crippen LogP contribution in [-0.4, -0.2) is 11.2 Å². The minimum absolute atomic E-state index is 0.00128. The quantitative estimate of drug-likeness (QED) is 0.816. The van der Waals surface area contributed by atoms with Crippen molar-refractivity contribution in [2.75, 3.05) is 5.32 Å². The summed E-state index contributed by atoms with van der Waals surface area (Å²) in [5, 5.41) is 11.0. The Morgan fingerprint density at radius 3 is 2.40 bits per heavy atom. The minimum atomic E-state index is -1.05. The molecule has 1 amide bonds. The number of hydrogen-bond donors (Lipinski definition) is 2. The average molecular weight is 272 g/mol. The van der Waals surface area contributed by atoms with Crippen molar-refractivity contribution in [1.82, 2.24) is 0 Å². The lowest BCUT2D eigenvalue weighted by atomic mass is 9.87. The smallest absolute Gasteiger partial charge is 0.409 e. The van der Waals surface area contributed by atoms with Crippen molar-refractivity contribution in [3.63, 3.8) is 0 Å². The van der Waals surface area contributed by atoms with Crippen LogP contribution in [0.1, 0.15) is 26.3 Å². The van der Waals surface area contributed by atoms with Crippen LogP contribution < -0.4 is 5.32 Å². The van der Waals surface area contributed by atoms with Gasteiger partial charge in [0.25, 0.3) is 0 Å². The van der Waals surface area contributed by atoms with Gasteiger partial charge in [0, 0.05) is 10.2 Å². The monoisotopic (exact) mass is 271 g/mol. The van der Waals surface area contributed by atoms with Crippen molar-refractivity contribution in [3.8, 4) is 0 Å². The molecule has 0 saturated carbocycles. The molecule has 0 unspecified atom stereocenters. The first-order valence-electron chi connectivity index (χ1n) is 4.60. The summed E-state index contributed by atoms with van der Waals surface area (Å²) in [5.74, 6) is 0. The zero-order chi connectivity index (χ0) is 11.6. The molecular weight excluding hydrogens is 258 g/mol. The fourth-order valence-electron chi connectivity index (χ4n) is 1.22. The maximum absolute atomic E-state index is 10.5. The van der Waals surface area contributed by atoms with Gasteiger partial charge >= 0.3 is 6.09 Å². The van der Waals surface area contributed by atoms with Gasteiger partial charge in [-0.25, -0.2) is 4.79 Å². The summed E-state index contributed by atoms with van der Waals surface area (Å²) >= 11 is 3.36. The van der Waals surface area contributed by atoms with Crippen LogP contribution in [0.3, 0.4) is 0 Å². The molecule has 0 aliphatic carbocycles. The molecule has 0 aliphatic heterocycles. The van der Waals surface area contributed by atoms with Gasteiger partial charge in [-0.2, -0.15) is 0 Å². The van der Waals surface area contributed by atoms with E-state index in [1.54, 1.807) is 6.07 Å². The molecule has 0 fully saturated rings. The predicted molar refractivity (Wildman–Crippen MR) is 64.5 cm³/mol. The molecule has 2 N–H and O–H groups in total. The highest BCUT2D eigenvalue weighted by molar-refractivity contribution is 9.10. The Hall–Kier alpha value is -1.03. The number of nitrogens with one attached hydrogen (secondary N) is 1. The lowest BCUT2D eigenvalue weighted by Crippen LogP contribution is -2.13. The van der Waals surface area contributed by atoms with Crippen molar-refractivity contribution >= 4 is 27.7 Å². The summed E-state index contributed by atoms with van der Waals surface area (Å²) in [5.41, 5.74) is 1.67. The second-order valence-electron chi connectivity index (χ2n) is 4.41. The van der Waals surface area contributed by atoms with Crippen LogP contribution in [-0.2, 0) is 5.41 Å². The van der Waals surface area contributed by atoms with Gasteiger partial charge in [0.2, 0.25) is 0 Å². The summed E-state index contributed by atoms with van der Waals surface area (Å²) in [6.45, 7) is 6.25. The van der Waals surface area contributed by atoms with Gasteiger partial charge in [-0.1, -0.05) is 36.7 Å². The molecule has 82 valence electrons. The van der Waals surface area contributed by atoms with Gasteiger partial charge in [-0.3, -0.25) is 5.32 Å². The van der Waals surface area contributed by atoms with E-state index < -0.39 is 6.09 Å². The molecule has 3 nitrogen and oxygen atoms in total. The molecule has 1 aromatic carbocycles. The predicted octanol–water partition coefficient (Wildman–Crippen LogP) is 3.84. The first kappa shape index (κ1) is 12.0. The average Bonchev–Trinajstić information content (AvgIpc) is 1.99. The number of carboxylic acid groups (broad SMARTS) is 1. The normalized spacial score (nSPS) is 11.2. The van der Waals surface area contributed by atoms with Crippen LogP contribution in [0.4, 0.5) is 10.5 Å². The summed E-state index contributed by atoms with van der Waals surface area (Å²) in [4.78, 5) is 10.5. The van der Waals surface area contributed by atoms with Gasteiger partial charge in [-0.05, 0) is 29.2 Å². The Labute approximate surface area is 97.6 Å².